The van der Waals surface area contributed by atoms with Crippen molar-refractivity contribution >= 4 is 33.0 Å². The fraction of sp³-hybridized carbons (Fsp3) is 0.611. The molecule has 0 aromatic heterocycles. The molecule has 1 aromatic carbocycles. The highest BCUT2D eigenvalue weighted by atomic mass is 32.2. The number of rotatable bonds is 4. The van der Waals surface area contributed by atoms with Gasteiger partial charge < -0.3 is 10.2 Å². The van der Waals surface area contributed by atoms with E-state index in [0.717, 1.165) is 16.9 Å². The smallest absolute Gasteiger partial charge is 0.269 e. The number of non-ortho nitro benzene ring substituents is 1. The van der Waals surface area contributed by atoms with Crippen molar-refractivity contribution in [3.63, 3.8) is 0 Å². The molecule has 0 radical (unpaired) electrons. The minimum absolute atomic E-state index is 0.0780. The Bertz CT molecular complexity index is 866. The average Bonchev–Trinajstić information content (AvgIpc) is 3.31. The van der Waals surface area contributed by atoms with Crippen molar-refractivity contribution in [1.29, 1.82) is 0 Å². The lowest BCUT2D eigenvalue weighted by atomic mass is 9.95. The highest BCUT2D eigenvalue weighted by molar-refractivity contribution is 7.89. The zero-order chi connectivity index (χ0) is 19.9. The number of nitrogens with one attached hydrogen (secondary N) is 1. The highest BCUT2D eigenvalue weighted by Crippen LogP contribution is 2.44. The van der Waals surface area contributed by atoms with Crippen LogP contribution in [-0.4, -0.2) is 59.9 Å². The van der Waals surface area contributed by atoms with Crippen molar-refractivity contribution in [3.05, 3.63) is 34.4 Å². The summed E-state index contributed by atoms with van der Waals surface area (Å²) in [6, 6.07) is 5.49. The van der Waals surface area contributed by atoms with Crippen molar-refractivity contribution in [2.45, 2.75) is 36.6 Å². The van der Waals surface area contributed by atoms with Crippen LogP contribution in [0.15, 0.2) is 29.2 Å². The first kappa shape index (κ1) is 19.5. The maximum atomic E-state index is 12.8. The molecular formula is C18H24N4O4S2. The van der Waals surface area contributed by atoms with Crippen LogP contribution in [0.2, 0.25) is 0 Å². The van der Waals surface area contributed by atoms with E-state index in [-0.39, 0.29) is 10.6 Å². The van der Waals surface area contributed by atoms with E-state index in [9.17, 15) is 18.5 Å². The van der Waals surface area contributed by atoms with Gasteiger partial charge in [0.1, 0.15) is 0 Å². The monoisotopic (exact) mass is 424 g/mol. The predicted molar refractivity (Wildman–Crippen MR) is 108 cm³/mol. The Kier molecular flexibility index (Phi) is 5.28. The van der Waals surface area contributed by atoms with E-state index >= 15 is 0 Å². The first-order valence-corrected chi connectivity index (χ1v) is 11.5. The lowest BCUT2D eigenvalue weighted by molar-refractivity contribution is -0.384. The van der Waals surface area contributed by atoms with Crippen LogP contribution >= 0.6 is 12.2 Å². The number of thiocarbonyl (C=S) groups is 1. The Morgan fingerprint density at radius 2 is 1.79 bits per heavy atom. The number of nitro groups is 1. The molecule has 0 amide bonds. The van der Waals surface area contributed by atoms with Crippen LogP contribution in [-0.2, 0) is 10.0 Å². The van der Waals surface area contributed by atoms with Gasteiger partial charge in [0.25, 0.3) is 5.69 Å². The molecule has 8 nitrogen and oxygen atoms in total. The first-order chi connectivity index (χ1) is 13.3. The van der Waals surface area contributed by atoms with Gasteiger partial charge in [0, 0.05) is 44.4 Å². The van der Waals surface area contributed by atoms with Crippen LogP contribution in [0.3, 0.4) is 0 Å². The number of benzene rings is 1. The van der Waals surface area contributed by atoms with Gasteiger partial charge in [-0.3, -0.25) is 10.1 Å². The molecule has 1 heterocycles. The Morgan fingerprint density at radius 1 is 1.11 bits per heavy atom. The average molecular weight is 425 g/mol. The Morgan fingerprint density at radius 3 is 2.32 bits per heavy atom. The number of nitro benzene ring substituents is 1. The number of nitrogens with zero attached hydrogens (tertiary/aromatic N) is 3. The first-order valence-electron chi connectivity index (χ1n) is 9.64. The number of hydrogen-bond acceptors (Lipinski definition) is 5. The summed E-state index contributed by atoms with van der Waals surface area (Å²) in [7, 11) is -3.66. The van der Waals surface area contributed by atoms with Crippen LogP contribution in [0.1, 0.15) is 25.7 Å². The molecule has 1 saturated heterocycles. The molecule has 4 rings (SSSR count). The molecule has 2 saturated carbocycles. The second kappa shape index (κ2) is 7.57. The summed E-state index contributed by atoms with van der Waals surface area (Å²) in [5.74, 6) is 1.57. The van der Waals surface area contributed by atoms with E-state index in [0.29, 0.717) is 32.2 Å². The standard InChI is InChI=1S/C18H24N4O4S2/c23-22(24)15-3-5-16(6-4-15)28(25,26)21-9-7-20(8-10-21)18(27)19-17-12-13-1-2-14(17)11-13/h3-6,13-14,17H,1-2,7-12H2,(H,19,27)/t13-,14-,17-/m1/s1. The summed E-state index contributed by atoms with van der Waals surface area (Å²) in [6.07, 6.45) is 5.13. The van der Waals surface area contributed by atoms with Crippen molar-refractivity contribution in [2.75, 3.05) is 26.2 Å². The van der Waals surface area contributed by atoms with E-state index in [4.69, 9.17) is 12.2 Å². The Hall–Kier alpha value is -1.78. The van der Waals surface area contributed by atoms with Gasteiger partial charge >= 0.3 is 0 Å². The number of hydrogen-bond donors (Lipinski definition) is 1. The summed E-state index contributed by atoms with van der Waals surface area (Å²) >= 11 is 5.57. The van der Waals surface area contributed by atoms with Crippen molar-refractivity contribution in [3.8, 4) is 0 Å². The van der Waals surface area contributed by atoms with Gasteiger partial charge in [-0.15, -0.1) is 0 Å². The molecule has 0 spiro atoms. The van der Waals surface area contributed by atoms with E-state index < -0.39 is 14.9 Å². The van der Waals surface area contributed by atoms with Gasteiger partial charge in [-0.1, -0.05) is 6.42 Å². The second-order valence-corrected chi connectivity index (χ2v) is 10.2. The summed E-state index contributed by atoms with van der Waals surface area (Å²) in [6.45, 7) is 1.77. The number of piperazine rings is 1. The second-order valence-electron chi connectivity index (χ2n) is 7.87. The molecule has 1 aromatic rings. The molecule has 3 aliphatic rings. The van der Waals surface area contributed by atoms with Gasteiger partial charge in [0.2, 0.25) is 10.0 Å². The molecule has 2 aliphatic carbocycles. The lowest BCUT2D eigenvalue weighted by Gasteiger charge is -2.37. The van der Waals surface area contributed by atoms with E-state index in [1.807, 2.05) is 4.90 Å². The topological polar surface area (TPSA) is 95.8 Å². The SMILES string of the molecule is O=[N+]([O-])c1ccc(S(=O)(=O)N2CCN(C(=S)N[C@@H]3C[C@@H]4CC[C@@H]3C4)CC2)cc1. The third-order valence-corrected chi connectivity index (χ3v) is 8.55. The van der Waals surface area contributed by atoms with Crippen LogP contribution < -0.4 is 5.32 Å². The zero-order valence-electron chi connectivity index (χ0n) is 15.5. The number of sulfonamides is 1. The van der Waals surface area contributed by atoms with E-state index in [1.165, 1.54) is 54.3 Å². The molecular weight excluding hydrogens is 400 g/mol. The van der Waals surface area contributed by atoms with Gasteiger partial charge in [-0.05, 0) is 55.4 Å². The molecule has 1 N–H and O–H groups in total. The highest BCUT2D eigenvalue weighted by Gasteiger charge is 2.40. The van der Waals surface area contributed by atoms with Gasteiger partial charge in [0.05, 0.1) is 9.82 Å². The lowest BCUT2D eigenvalue weighted by Crippen LogP contribution is -2.54. The van der Waals surface area contributed by atoms with Crippen LogP contribution in [0, 0.1) is 22.0 Å². The Labute approximate surface area is 170 Å². The molecule has 1 aliphatic heterocycles. The Balaban J connectivity index is 1.34. The van der Waals surface area contributed by atoms with Crippen molar-refractivity contribution in [2.24, 2.45) is 11.8 Å². The quantitative estimate of drug-likeness (QED) is 0.448. The summed E-state index contributed by atoms with van der Waals surface area (Å²) in [5.41, 5.74) is -0.124. The van der Waals surface area contributed by atoms with Gasteiger partial charge in [-0.2, -0.15) is 4.31 Å². The van der Waals surface area contributed by atoms with Crippen LogP contribution in [0.25, 0.3) is 0 Å². The van der Waals surface area contributed by atoms with E-state index in [1.54, 1.807) is 0 Å². The maximum absolute atomic E-state index is 12.8. The van der Waals surface area contributed by atoms with Gasteiger partial charge in [-0.25, -0.2) is 8.42 Å². The number of fused-ring (bicyclic) bond motifs is 2. The van der Waals surface area contributed by atoms with Crippen LogP contribution in [0.5, 0.6) is 0 Å². The largest absolute Gasteiger partial charge is 0.360 e. The minimum Gasteiger partial charge on any atom is -0.360 e. The van der Waals surface area contributed by atoms with Crippen LogP contribution in [0.4, 0.5) is 5.69 Å². The van der Waals surface area contributed by atoms with E-state index in [2.05, 4.69) is 5.32 Å². The molecule has 2 bridgehead atoms. The van der Waals surface area contributed by atoms with Crippen molar-refractivity contribution in [1.82, 2.24) is 14.5 Å². The molecule has 3 atom stereocenters. The molecule has 10 heteroatoms. The summed E-state index contributed by atoms with van der Waals surface area (Å²) < 4.78 is 27.0. The third kappa shape index (κ3) is 3.72. The molecule has 28 heavy (non-hydrogen) atoms. The fourth-order valence-electron chi connectivity index (χ4n) is 4.69. The third-order valence-electron chi connectivity index (χ3n) is 6.26. The molecule has 0 unspecified atom stereocenters. The normalized spacial score (nSPS) is 27.7. The predicted octanol–water partition coefficient (Wildman–Crippen LogP) is 1.96. The molecule has 152 valence electrons. The molecule has 3 fully saturated rings. The fourth-order valence-corrected chi connectivity index (χ4v) is 6.45. The van der Waals surface area contributed by atoms with Gasteiger partial charge in [0.15, 0.2) is 5.11 Å². The summed E-state index contributed by atoms with van der Waals surface area (Å²) in [4.78, 5) is 12.3. The summed E-state index contributed by atoms with van der Waals surface area (Å²) in [5, 5.41) is 15.0. The maximum Gasteiger partial charge on any atom is 0.269 e. The van der Waals surface area contributed by atoms with Crippen molar-refractivity contribution < 1.29 is 13.3 Å². The minimum atomic E-state index is -3.66. The zero-order valence-corrected chi connectivity index (χ0v) is 17.1.